The van der Waals surface area contributed by atoms with E-state index in [2.05, 4.69) is 0 Å². The molecule has 0 heterocycles. The molecule has 0 aromatic rings. The monoisotopic (exact) mass is 113 g/mol. The van der Waals surface area contributed by atoms with E-state index in [1.807, 2.05) is 13.8 Å². The molecule has 0 aromatic heterocycles. The highest BCUT2D eigenvalue weighted by Gasteiger charge is 1.85. The van der Waals surface area contributed by atoms with Crippen molar-refractivity contribution in [1.82, 2.24) is 0 Å². The number of rotatable bonds is 2. The van der Waals surface area contributed by atoms with E-state index in [-0.39, 0.29) is 5.91 Å². The molecule has 2 N–H and O–H groups in total. The Morgan fingerprint density at radius 2 is 2.25 bits per heavy atom. The largest absolute Gasteiger partial charge is 0.366 e. The van der Waals surface area contributed by atoms with Gasteiger partial charge in [-0.05, 0) is 13.3 Å². The third-order valence-corrected chi connectivity index (χ3v) is 0.946. The summed E-state index contributed by atoms with van der Waals surface area (Å²) in [5.41, 5.74) is 5.88. The number of hydrogen-bond acceptors (Lipinski definition) is 1. The number of primary amides is 1. The van der Waals surface area contributed by atoms with Crippen LogP contribution in [0.4, 0.5) is 0 Å². The van der Waals surface area contributed by atoms with Crippen molar-refractivity contribution in [1.29, 1.82) is 0 Å². The maximum atomic E-state index is 10.1. The molecule has 2 heteroatoms. The van der Waals surface area contributed by atoms with Crippen LogP contribution in [0.15, 0.2) is 11.6 Å². The molecule has 0 aromatic carbocycles. The van der Waals surface area contributed by atoms with Gasteiger partial charge in [0.1, 0.15) is 0 Å². The number of carbonyl (C=O) groups excluding carboxylic acids is 1. The van der Waals surface area contributed by atoms with Gasteiger partial charge in [0.2, 0.25) is 5.91 Å². The molecule has 0 unspecified atom stereocenters. The van der Waals surface area contributed by atoms with E-state index >= 15 is 0 Å². The van der Waals surface area contributed by atoms with Crippen LogP contribution in [0.5, 0.6) is 0 Å². The minimum absolute atomic E-state index is 0.357. The van der Waals surface area contributed by atoms with Gasteiger partial charge in [-0.25, -0.2) is 0 Å². The average molecular weight is 113 g/mol. The Kier molecular flexibility index (Phi) is 2.92. The maximum Gasteiger partial charge on any atom is 0.241 e. The van der Waals surface area contributed by atoms with Crippen molar-refractivity contribution in [3.8, 4) is 0 Å². The first-order valence-corrected chi connectivity index (χ1v) is 2.63. The molecule has 0 radical (unpaired) electrons. The minimum atomic E-state index is -0.357. The van der Waals surface area contributed by atoms with E-state index in [4.69, 9.17) is 5.73 Å². The molecular weight excluding hydrogens is 102 g/mol. The molecule has 1 amide bonds. The molecule has 0 fully saturated rings. The molecule has 0 bridgehead atoms. The van der Waals surface area contributed by atoms with Crippen molar-refractivity contribution in [2.75, 3.05) is 0 Å². The van der Waals surface area contributed by atoms with Gasteiger partial charge in [-0.2, -0.15) is 0 Å². The van der Waals surface area contributed by atoms with Gasteiger partial charge in [-0.1, -0.05) is 12.5 Å². The lowest BCUT2D eigenvalue weighted by atomic mass is 10.2. The molecule has 0 aliphatic carbocycles. The molecule has 0 rings (SSSR count). The first kappa shape index (κ1) is 7.21. The smallest absolute Gasteiger partial charge is 0.241 e. The Labute approximate surface area is 49.4 Å². The molecular formula is C6H11NO. The van der Waals surface area contributed by atoms with Crippen LogP contribution in [0, 0.1) is 0 Å². The highest BCUT2D eigenvalue weighted by molar-refractivity contribution is 5.86. The van der Waals surface area contributed by atoms with Crippen LogP contribution < -0.4 is 5.73 Å². The standard InChI is InChI=1S/C6H11NO/c1-3-5(2)4-6(7)8/h4H,3H2,1-2H3,(H2,7,8)/b5-4-. The normalized spacial score (nSPS) is 11.5. The van der Waals surface area contributed by atoms with Gasteiger partial charge in [0.25, 0.3) is 0 Å². The second kappa shape index (κ2) is 3.24. The molecule has 0 saturated carbocycles. The second-order valence-corrected chi connectivity index (χ2v) is 1.75. The highest BCUT2D eigenvalue weighted by Crippen LogP contribution is 1.94. The zero-order chi connectivity index (χ0) is 6.57. The number of carbonyl (C=O) groups is 1. The van der Waals surface area contributed by atoms with Gasteiger partial charge < -0.3 is 5.73 Å². The molecule has 0 saturated heterocycles. The van der Waals surface area contributed by atoms with Gasteiger partial charge in [-0.3, -0.25) is 4.79 Å². The summed E-state index contributed by atoms with van der Waals surface area (Å²) in [6.07, 6.45) is 2.34. The van der Waals surface area contributed by atoms with Crippen LogP contribution in [-0.4, -0.2) is 5.91 Å². The van der Waals surface area contributed by atoms with Gasteiger partial charge in [0, 0.05) is 6.08 Å². The van der Waals surface area contributed by atoms with Crippen LogP contribution in [0.1, 0.15) is 20.3 Å². The van der Waals surface area contributed by atoms with Crippen molar-refractivity contribution in [2.24, 2.45) is 5.73 Å². The Morgan fingerprint density at radius 1 is 1.75 bits per heavy atom. The average Bonchev–Trinajstić information content (AvgIpc) is 1.65. The van der Waals surface area contributed by atoms with Gasteiger partial charge in [-0.15, -0.1) is 0 Å². The second-order valence-electron chi connectivity index (χ2n) is 1.75. The van der Waals surface area contributed by atoms with Crippen molar-refractivity contribution in [2.45, 2.75) is 20.3 Å². The van der Waals surface area contributed by atoms with Crippen LogP contribution in [0.2, 0.25) is 0 Å². The molecule has 8 heavy (non-hydrogen) atoms. The SMILES string of the molecule is CC/C(C)=C\C(N)=O. The highest BCUT2D eigenvalue weighted by atomic mass is 16.1. The van der Waals surface area contributed by atoms with E-state index in [1.165, 1.54) is 6.08 Å². The van der Waals surface area contributed by atoms with E-state index < -0.39 is 0 Å². The van der Waals surface area contributed by atoms with Crippen molar-refractivity contribution >= 4 is 5.91 Å². The molecule has 0 aliphatic heterocycles. The molecule has 0 aliphatic rings. The maximum absolute atomic E-state index is 10.1. The zero-order valence-corrected chi connectivity index (χ0v) is 5.27. The van der Waals surface area contributed by atoms with Crippen molar-refractivity contribution < 1.29 is 4.79 Å². The third-order valence-electron chi connectivity index (χ3n) is 0.946. The van der Waals surface area contributed by atoms with E-state index in [0.29, 0.717) is 0 Å². The number of allylic oxidation sites excluding steroid dienone is 1. The summed E-state index contributed by atoms with van der Waals surface area (Å²) in [5, 5.41) is 0. The predicted octanol–water partition coefficient (Wildman–Crippen LogP) is 0.828. The van der Waals surface area contributed by atoms with Crippen molar-refractivity contribution in [3.63, 3.8) is 0 Å². The van der Waals surface area contributed by atoms with Crippen LogP contribution in [-0.2, 0) is 4.79 Å². The van der Waals surface area contributed by atoms with E-state index in [9.17, 15) is 4.79 Å². The fourth-order valence-electron chi connectivity index (χ4n) is 0.345. The lowest BCUT2D eigenvalue weighted by Gasteiger charge is -1.88. The summed E-state index contributed by atoms with van der Waals surface area (Å²) in [5.74, 6) is -0.357. The Morgan fingerprint density at radius 3 is 2.38 bits per heavy atom. The van der Waals surface area contributed by atoms with Crippen LogP contribution in [0.25, 0.3) is 0 Å². The minimum Gasteiger partial charge on any atom is -0.366 e. The quantitative estimate of drug-likeness (QED) is 0.529. The summed E-state index contributed by atoms with van der Waals surface area (Å²) in [4.78, 5) is 10.1. The predicted molar refractivity (Wildman–Crippen MR) is 33.2 cm³/mol. The van der Waals surface area contributed by atoms with Gasteiger partial charge in [0.15, 0.2) is 0 Å². The molecule has 0 spiro atoms. The fraction of sp³-hybridized carbons (Fsp3) is 0.500. The summed E-state index contributed by atoms with van der Waals surface area (Å²) in [7, 11) is 0. The van der Waals surface area contributed by atoms with E-state index in [0.717, 1.165) is 12.0 Å². The number of amides is 1. The van der Waals surface area contributed by atoms with Crippen LogP contribution >= 0.6 is 0 Å². The Balaban J connectivity index is 3.75. The Hall–Kier alpha value is -0.790. The van der Waals surface area contributed by atoms with E-state index in [1.54, 1.807) is 0 Å². The van der Waals surface area contributed by atoms with Crippen molar-refractivity contribution in [3.05, 3.63) is 11.6 Å². The van der Waals surface area contributed by atoms with Crippen LogP contribution in [0.3, 0.4) is 0 Å². The topological polar surface area (TPSA) is 43.1 Å². The number of hydrogen-bond donors (Lipinski definition) is 1. The lowest BCUT2D eigenvalue weighted by molar-refractivity contribution is -0.113. The first-order chi connectivity index (χ1) is 3.66. The molecule has 2 nitrogen and oxygen atoms in total. The molecule has 0 atom stereocenters. The Bertz CT molecular complexity index is 116. The summed E-state index contributed by atoms with van der Waals surface area (Å²) in [6, 6.07) is 0. The zero-order valence-electron chi connectivity index (χ0n) is 5.27. The summed E-state index contributed by atoms with van der Waals surface area (Å²) >= 11 is 0. The first-order valence-electron chi connectivity index (χ1n) is 2.63. The van der Waals surface area contributed by atoms with Gasteiger partial charge in [0.05, 0.1) is 0 Å². The van der Waals surface area contributed by atoms with Gasteiger partial charge >= 0.3 is 0 Å². The summed E-state index contributed by atoms with van der Waals surface area (Å²) < 4.78 is 0. The fourth-order valence-corrected chi connectivity index (χ4v) is 0.345. The summed E-state index contributed by atoms with van der Waals surface area (Å²) in [6.45, 7) is 3.86. The molecule has 46 valence electrons. The number of nitrogens with two attached hydrogens (primary N) is 1. The lowest BCUT2D eigenvalue weighted by Crippen LogP contribution is -2.06. The third kappa shape index (κ3) is 3.40.